The number of aliphatic hydroxyl groups is 4. The van der Waals surface area contributed by atoms with Gasteiger partial charge in [0.2, 0.25) is 0 Å². The number of hydrogen-bond acceptors (Lipinski definition) is 5. The number of rotatable bonds is 3. The molecule has 0 amide bonds. The van der Waals surface area contributed by atoms with E-state index in [4.69, 9.17) is 5.11 Å². The fraction of sp³-hybridized carbons (Fsp3) is 0.917. The lowest BCUT2D eigenvalue weighted by molar-refractivity contribution is -0.166. The van der Waals surface area contributed by atoms with Crippen molar-refractivity contribution in [3.63, 3.8) is 0 Å². The molecule has 18 heavy (non-hydrogen) atoms. The van der Waals surface area contributed by atoms with E-state index in [2.05, 4.69) is 0 Å². The van der Waals surface area contributed by atoms with Crippen molar-refractivity contribution >= 4 is 5.97 Å². The van der Waals surface area contributed by atoms with Gasteiger partial charge < -0.3 is 25.5 Å². The van der Waals surface area contributed by atoms with E-state index in [1.807, 2.05) is 0 Å². The third-order valence-corrected chi connectivity index (χ3v) is 5.27. The van der Waals surface area contributed by atoms with Crippen molar-refractivity contribution in [2.24, 2.45) is 10.8 Å². The second-order valence-corrected chi connectivity index (χ2v) is 6.76. The zero-order chi connectivity index (χ0) is 14.4. The van der Waals surface area contributed by atoms with Crippen LogP contribution < -0.4 is 0 Å². The molecule has 4 atom stereocenters. The highest BCUT2D eigenvalue weighted by Crippen LogP contribution is 2.79. The summed E-state index contributed by atoms with van der Waals surface area (Å²) in [7, 11) is 0. The van der Waals surface area contributed by atoms with Gasteiger partial charge in [-0.25, -0.2) is 4.79 Å². The molecular formula is C12H20O6. The number of aliphatic hydroxyl groups excluding tert-OH is 1. The Labute approximate surface area is 105 Å². The first-order chi connectivity index (χ1) is 7.81. The van der Waals surface area contributed by atoms with Gasteiger partial charge in [0.1, 0.15) is 16.8 Å². The van der Waals surface area contributed by atoms with Gasteiger partial charge >= 0.3 is 5.97 Å². The standard InChI is InChI=1S/C12H20O6/c1-8(2)5-10(8,16)12(18)9(3,4)11(12,17)6(13)7(14)15/h6,13,16-18H,5H2,1-4H3,(H,14,15)/t6-,10-,11-,12-/m0/s1. The highest BCUT2D eigenvalue weighted by atomic mass is 16.5. The zero-order valence-electron chi connectivity index (χ0n) is 10.9. The number of carboxylic acids is 1. The summed E-state index contributed by atoms with van der Waals surface area (Å²) in [6.07, 6.45) is -1.90. The molecule has 2 rings (SSSR count). The van der Waals surface area contributed by atoms with Crippen LogP contribution in [0.2, 0.25) is 0 Å². The van der Waals surface area contributed by atoms with Crippen molar-refractivity contribution in [3.05, 3.63) is 0 Å². The molecule has 0 aliphatic heterocycles. The van der Waals surface area contributed by atoms with Crippen LogP contribution in [0.15, 0.2) is 0 Å². The predicted molar refractivity (Wildman–Crippen MR) is 60.7 cm³/mol. The molecule has 6 heteroatoms. The Hall–Kier alpha value is -0.690. The van der Waals surface area contributed by atoms with Crippen molar-refractivity contribution in [1.82, 2.24) is 0 Å². The zero-order valence-corrected chi connectivity index (χ0v) is 10.9. The maximum atomic E-state index is 10.9. The molecule has 0 aromatic rings. The molecular weight excluding hydrogens is 240 g/mol. The Morgan fingerprint density at radius 2 is 1.50 bits per heavy atom. The van der Waals surface area contributed by atoms with E-state index in [1.165, 1.54) is 13.8 Å². The SMILES string of the molecule is CC1(C)C[C@@]1(O)[C@@]1(O)C(C)(C)[C@@]1(O)[C@@H](O)C(=O)O. The average Bonchev–Trinajstić information content (AvgIpc) is 2.87. The van der Waals surface area contributed by atoms with Crippen LogP contribution in [0.5, 0.6) is 0 Å². The van der Waals surface area contributed by atoms with Gasteiger partial charge in [-0.05, 0) is 11.8 Å². The summed E-state index contributed by atoms with van der Waals surface area (Å²) in [5.74, 6) is -1.62. The molecule has 2 saturated carbocycles. The van der Waals surface area contributed by atoms with Gasteiger partial charge in [0.15, 0.2) is 6.10 Å². The lowest BCUT2D eigenvalue weighted by Crippen LogP contribution is -2.50. The Bertz CT molecular complexity index is 430. The van der Waals surface area contributed by atoms with Crippen molar-refractivity contribution in [1.29, 1.82) is 0 Å². The summed E-state index contributed by atoms with van der Waals surface area (Å²) >= 11 is 0. The van der Waals surface area contributed by atoms with Crippen LogP contribution in [0.3, 0.4) is 0 Å². The van der Waals surface area contributed by atoms with Crippen molar-refractivity contribution in [2.75, 3.05) is 0 Å². The van der Waals surface area contributed by atoms with E-state index in [0.29, 0.717) is 0 Å². The van der Waals surface area contributed by atoms with Crippen LogP contribution in [0.4, 0.5) is 0 Å². The quantitative estimate of drug-likeness (QED) is 0.448. The maximum absolute atomic E-state index is 10.9. The largest absolute Gasteiger partial charge is 0.479 e. The van der Waals surface area contributed by atoms with Crippen LogP contribution in [0, 0.1) is 10.8 Å². The second kappa shape index (κ2) is 2.90. The number of hydrogen-bond donors (Lipinski definition) is 5. The van der Waals surface area contributed by atoms with Crippen LogP contribution in [0.25, 0.3) is 0 Å². The molecule has 0 aromatic heterocycles. The summed E-state index contributed by atoms with van der Waals surface area (Å²) < 4.78 is 0. The van der Waals surface area contributed by atoms with Gasteiger partial charge in [-0.2, -0.15) is 0 Å². The topological polar surface area (TPSA) is 118 Å². The van der Waals surface area contributed by atoms with E-state index >= 15 is 0 Å². The van der Waals surface area contributed by atoms with Crippen molar-refractivity contribution in [2.45, 2.75) is 57.0 Å². The Balaban J connectivity index is 2.46. The summed E-state index contributed by atoms with van der Waals surface area (Å²) in [4.78, 5) is 10.9. The maximum Gasteiger partial charge on any atom is 0.335 e. The van der Waals surface area contributed by atoms with Gasteiger partial charge in [0, 0.05) is 5.41 Å². The van der Waals surface area contributed by atoms with E-state index < -0.39 is 39.7 Å². The van der Waals surface area contributed by atoms with Crippen LogP contribution in [-0.4, -0.2) is 54.4 Å². The molecule has 0 heterocycles. The van der Waals surface area contributed by atoms with Gasteiger partial charge in [-0.3, -0.25) is 0 Å². The molecule has 0 saturated heterocycles. The minimum absolute atomic E-state index is 0.245. The molecule has 0 radical (unpaired) electrons. The van der Waals surface area contributed by atoms with Crippen LogP contribution >= 0.6 is 0 Å². The third kappa shape index (κ3) is 0.989. The van der Waals surface area contributed by atoms with Gasteiger partial charge in [0.25, 0.3) is 0 Å². The van der Waals surface area contributed by atoms with E-state index in [1.54, 1.807) is 13.8 Å². The van der Waals surface area contributed by atoms with Crippen LogP contribution in [0.1, 0.15) is 34.1 Å². The molecule has 2 aliphatic rings. The highest BCUT2D eigenvalue weighted by molar-refractivity contribution is 5.77. The fourth-order valence-corrected chi connectivity index (χ4v) is 3.63. The molecule has 0 bridgehead atoms. The molecule has 0 unspecified atom stereocenters. The van der Waals surface area contributed by atoms with Gasteiger partial charge in [0.05, 0.1) is 0 Å². The molecule has 0 spiro atoms. The number of aliphatic carboxylic acids is 1. The molecule has 104 valence electrons. The molecule has 6 nitrogen and oxygen atoms in total. The fourth-order valence-electron chi connectivity index (χ4n) is 3.63. The molecule has 2 fully saturated rings. The summed E-state index contributed by atoms with van der Waals surface area (Å²) in [5, 5.41) is 49.9. The molecule has 2 aliphatic carbocycles. The van der Waals surface area contributed by atoms with Crippen molar-refractivity contribution in [3.8, 4) is 0 Å². The average molecular weight is 260 g/mol. The van der Waals surface area contributed by atoms with Crippen molar-refractivity contribution < 1.29 is 30.3 Å². The summed E-state index contributed by atoms with van der Waals surface area (Å²) in [6.45, 7) is 6.30. The molecule has 5 N–H and O–H groups in total. The minimum Gasteiger partial charge on any atom is -0.479 e. The van der Waals surface area contributed by atoms with Gasteiger partial charge in [-0.15, -0.1) is 0 Å². The number of carbonyl (C=O) groups is 1. The lowest BCUT2D eigenvalue weighted by Gasteiger charge is -2.26. The minimum atomic E-state index is -2.26. The highest BCUT2D eigenvalue weighted by Gasteiger charge is 2.97. The monoisotopic (exact) mass is 260 g/mol. The number of carboxylic acid groups (broad SMARTS) is 1. The first-order valence-corrected chi connectivity index (χ1v) is 5.89. The Kier molecular flexibility index (Phi) is 2.21. The predicted octanol–water partition coefficient (Wildman–Crippen LogP) is -0.905. The third-order valence-electron chi connectivity index (χ3n) is 5.27. The Morgan fingerprint density at radius 1 is 1.11 bits per heavy atom. The van der Waals surface area contributed by atoms with E-state index in [-0.39, 0.29) is 6.42 Å². The first-order valence-electron chi connectivity index (χ1n) is 5.89. The summed E-state index contributed by atoms with van der Waals surface area (Å²) in [6, 6.07) is 0. The second-order valence-electron chi connectivity index (χ2n) is 6.76. The van der Waals surface area contributed by atoms with Gasteiger partial charge in [-0.1, -0.05) is 27.7 Å². The summed E-state index contributed by atoms with van der Waals surface area (Å²) in [5.41, 5.74) is -7.81. The normalized spacial score (nSPS) is 49.6. The first kappa shape index (κ1) is 13.7. The smallest absolute Gasteiger partial charge is 0.335 e. The van der Waals surface area contributed by atoms with E-state index in [0.717, 1.165) is 0 Å². The molecule has 0 aromatic carbocycles. The lowest BCUT2D eigenvalue weighted by atomic mass is 9.93. The Morgan fingerprint density at radius 3 is 1.78 bits per heavy atom. The van der Waals surface area contributed by atoms with Crippen LogP contribution in [-0.2, 0) is 4.79 Å². The van der Waals surface area contributed by atoms with E-state index in [9.17, 15) is 25.2 Å².